The maximum absolute atomic E-state index is 10.2. The first-order valence-corrected chi connectivity index (χ1v) is 5.97. The van der Waals surface area contributed by atoms with Crippen LogP contribution in [-0.4, -0.2) is 25.6 Å². The maximum atomic E-state index is 10.2. The van der Waals surface area contributed by atoms with Gasteiger partial charge < -0.3 is 14.6 Å². The molecule has 18 heavy (non-hydrogen) atoms. The van der Waals surface area contributed by atoms with Crippen molar-refractivity contribution in [2.75, 3.05) is 14.2 Å². The van der Waals surface area contributed by atoms with Crippen LogP contribution < -0.4 is 0 Å². The number of aliphatic hydroxyl groups excluding tert-OH is 1. The minimum absolute atomic E-state index is 0.383. The number of ether oxygens (including phenoxy) is 2. The van der Waals surface area contributed by atoms with E-state index in [1.165, 1.54) is 5.39 Å². The molecule has 0 unspecified atom stereocenters. The Labute approximate surface area is 107 Å². The van der Waals surface area contributed by atoms with E-state index >= 15 is 0 Å². The summed E-state index contributed by atoms with van der Waals surface area (Å²) in [5.74, 6) is 0. The van der Waals surface area contributed by atoms with Crippen molar-refractivity contribution >= 4 is 10.8 Å². The van der Waals surface area contributed by atoms with E-state index in [0.717, 1.165) is 10.9 Å². The lowest BCUT2D eigenvalue weighted by atomic mass is 10.0. The zero-order chi connectivity index (χ0) is 13.0. The molecule has 3 nitrogen and oxygen atoms in total. The van der Waals surface area contributed by atoms with Gasteiger partial charge in [0.1, 0.15) is 0 Å². The van der Waals surface area contributed by atoms with Gasteiger partial charge in [0.2, 0.25) is 0 Å². The van der Waals surface area contributed by atoms with Crippen LogP contribution in [0.25, 0.3) is 10.8 Å². The molecular weight excluding hydrogens is 228 g/mol. The minimum Gasteiger partial charge on any atom is -0.388 e. The second kappa shape index (κ2) is 5.96. The van der Waals surface area contributed by atoms with Crippen LogP contribution >= 0.6 is 0 Å². The van der Waals surface area contributed by atoms with E-state index in [1.54, 1.807) is 14.2 Å². The number of hydrogen-bond acceptors (Lipinski definition) is 3. The summed E-state index contributed by atoms with van der Waals surface area (Å²) in [5, 5.41) is 12.4. The molecule has 0 aliphatic rings. The molecule has 0 heterocycles. The summed E-state index contributed by atoms with van der Waals surface area (Å²) in [7, 11) is 3.14. The van der Waals surface area contributed by atoms with Gasteiger partial charge in [0.25, 0.3) is 0 Å². The third kappa shape index (κ3) is 2.88. The average Bonchev–Trinajstić information content (AvgIpc) is 2.44. The van der Waals surface area contributed by atoms with Crippen LogP contribution in [0.1, 0.15) is 18.1 Å². The van der Waals surface area contributed by atoms with Crippen molar-refractivity contribution in [1.82, 2.24) is 0 Å². The zero-order valence-electron chi connectivity index (χ0n) is 10.7. The van der Waals surface area contributed by atoms with Gasteiger partial charge >= 0.3 is 0 Å². The Balaban J connectivity index is 2.19. The van der Waals surface area contributed by atoms with Crippen molar-refractivity contribution in [3.8, 4) is 0 Å². The van der Waals surface area contributed by atoms with Gasteiger partial charge in [-0.05, 0) is 22.4 Å². The summed E-state index contributed by atoms with van der Waals surface area (Å²) in [6.45, 7) is 0. The molecule has 0 aliphatic heterocycles. The van der Waals surface area contributed by atoms with Gasteiger partial charge in [0, 0.05) is 20.6 Å². The van der Waals surface area contributed by atoms with Crippen LogP contribution in [0, 0.1) is 0 Å². The van der Waals surface area contributed by atoms with Crippen molar-refractivity contribution in [1.29, 1.82) is 0 Å². The van der Waals surface area contributed by atoms with Gasteiger partial charge in [-0.15, -0.1) is 0 Å². The monoisotopic (exact) mass is 246 g/mol. The lowest BCUT2D eigenvalue weighted by molar-refractivity contribution is -0.123. The van der Waals surface area contributed by atoms with Crippen LogP contribution in [0.4, 0.5) is 0 Å². The predicted molar refractivity (Wildman–Crippen MR) is 71.3 cm³/mol. The summed E-state index contributed by atoms with van der Waals surface area (Å²) in [6.07, 6.45) is -0.545. The summed E-state index contributed by atoms with van der Waals surface area (Å²) in [4.78, 5) is 0. The Morgan fingerprint density at radius 2 is 1.67 bits per heavy atom. The number of aliphatic hydroxyl groups is 1. The quantitative estimate of drug-likeness (QED) is 0.824. The largest absolute Gasteiger partial charge is 0.388 e. The first-order valence-electron chi connectivity index (χ1n) is 5.97. The molecule has 0 aromatic heterocycles. The van der Waals surface area contributed by atoms with Crippen molar-refractivity contribution in [2.24, 2.45) is 0 Å². The Bertz CT molecular complexity index is 506. The number of hydrogen-bond donors (Lipinski definition) is 1. The molecule has 0 aliphatic carbocycles. The van der Waals surface area contributed by atoms with Gasteiger partial charge in [0.15, 0.2) is 6.29 Å². The SMILES string of the molecule is COC(C[C@@H](O)c1ccc2ccccc2c1)OC. The fourth-order valence-corrected chi connectivity index (χ4v) is 2.02. The van der Waals surface area contributed by atoms with E-state index in [9.17, 15) is 5.11 Å². The molecule has 0 amide bonds. The third-order valence-electron chi connectivity index (χ3n) is 3.10. The smallest absolute Gasteiger partial charge is 0.159 e. The molecule has 0 fully saturated rings. The van der Waals surface area contributed by atoms with Crippen LogP contribution in [0.3, 0.4) is 0 Å². The molecule has 2 aromatic carbocycles. The number of rotatable bonds is 5. The Morgan fingerprint density at radius 3 is 2.33 bits per heavy atom. The second-order valence-corrected chi connectivity index (χ2v) is 4.26. The van der Waals surface area contributed by atoms with Crippen LogP contribution in [0.5, 0.6) is 0 Å². The molecule has 0 bridgehead atoms. The van der Waals surface area contributed by atoms with Crippen LogP contribution in [0.2, 0.25) is 0 Å². The molecule has 0 spiro atoms. The second-order valence-electron chi connectivity index (χ2n) is 4.26. The molecule has 2 rings (SSSR count). The molecule has 1 atom stereocenters. The first kappa shape index (κ1) is 13.0. The Morgan fingerprint density at radius 1 is 1.00 bits per heavy atom. The molecule has 0 radical (unpaired) electrons. The molecule has 0 saturated carbocycles. The lowest BCUT2D eigenvalue weighted by Gasteiger charge is -2.18. The molecule has 96 valence electrons. The zero-order valence-corrected chi connectivity index (χ0v) is 10.7. The summed E-state index contributed by atoms with van der Waals surface area (Å²) in [6, 6.07) is 14.0. The van der Waals surface area contributed by atoms with Crippen molar-refractivity contribution in [3.63, 3.8) is 0 Å². The molecule has 0 saturated heterocycles. The highest BCUT2D eigenvalue weighted by molar-refractivity contribution is 5.83. The van der Waals surface area contributed by atoms with Gasteiger partial charge in [0.05, 0.1) is 6.10 Å². The van der Waals surface area contributed by atoms with Crippen molar-refractivity contribution < 1.29 is 14.6 Å². The van der Waals surface area contributed by atoms with Crippen LogP contribution in [0.15, 0.2) is 42.5 Å². The fourth-order valence-electron chi connectivity index (χ4n) is 2.02. The average molecular weight is 246 g/mol. The number of benzene rings is 2. The molecule has 1 N–H and O–H groups in total. The normalized spacial score (nSPS) is 13.1. The van der Waals surface area contributed by atoms with Gasteiger partial charge in [-0.3, -0.25) is 0 Å². The van der Waals surface area contributed by atoms with E-state index in [-0.39, 0.29) is 6.29 Å². The third-order valence-corrected chi connectivity index (χ3v) is 3.10. The first-order chi connectivity index (χ1) is 8.74. The minimum atomic E-state index is -0.584. The Hall–Kier alpha value is -1.42. The van der Waals surface area contributed by atoms with E-state index in [0.29, 0.717) is 6.42 Å². The van der Waals surface area contributed by atoms with Crippen molar-refractivity contribution in [3.05, 3.63) is 48.0 Å². The predicted octanol–water partition coefficient (Wildman–Crippen LogP) is 2.88. The van der Waals surface area contributed by atoms with Gasteiger partial charge in [-0.1, -0.05) is 36.4 Å². The fraction of sp³-hybridized carbons (Fsp3) is 0.333. The number of methoxy groups -OCH3 is 2. The molecule has 2 aromatic rings. The van der Waals surface area contributed by atoms with E-state index in [4.69, 9.17) is 9.47 Å². The summed E-state index contributed by atoms with van der Waals surface area (Å²) >= 11 is 0. The molecular formula is C15H18O3. The van der Waals surface area contributed by atoms with Crippen LogP contribution in [-0.2, 0) is 9.47 Å². The Kier molecular flexibility index (Phi) is 4.31. The van der Waals surface area contributed by atoms with E-state index < -0.39 is 6.10 Å². The highest BCUT2D eigenvalue weighted by atomic mass is 16.7. The summed E-state index contributed by atoms with van der Waals surface area (Å²) in [5.41, 5.74) is 0.882. The maximum Gasteiger partial charge on any atom is 0.159 e. The van der Waals surface area contributed by atoms with Gasteiger partial charge in [-0.2, -0.15) is 0 Å². The summed E-state index contributed by atoms with van der Waals surface area (Å²) < 4.78 is 10.2. The van der Waals surface area contributed by atoms with Crippen molar-refractivity contribution in [2.45, 2.75) is 18.8 Å². The van der Waals surface area contributed by atoms with Gasteiger partial charge in [-0.25, -0.2) is 0 Å². The lowest BCUT2D eigenvalue weighted by Crippen LogP contribution is -2.17. The van der Waals surface area contributed by atoms with E-state index in [2.05, 4.69) is 6.07 Å². The highest BCUT2D eigenvalue weighted by Gasteiger charge is 2.15. The molecule has 3 heteroatoms. The number of fused-ring (bicyclic) bond motifs is 1. The topological polar surface area (TPSA) is 38.7 Å². The standard InChI is InChI=1S/C15H18O3/c1-17-15(18-2)10-14(16)13-8-7-11-5-3-4-6-12(11)9-13/h3-9,14-16H,10H2,1-2H3/t14-/m1/s1. The highest BCUT2D eigenvalue weighted by Crippen LogP contribution is 2.24. The van der Waals surface area contributed by atoms with E-state index in [1.807, 2.05) is 36.4 Å².